The average molecular weight is 429 g/mol. The quantitative estimate of drug-likeness (QED) is 0.511. The number of thiophene rings is 1. The highest BCUT2D eigenvalue weighted by Gasteiger charge is 2.30. The lowest BCUT2D eigenvalue weighted by Gasteiger charge is -2.11. The fourth-order valence-corrected chi connectivity index (χ4v) is 6.15. The first-order chi connectivity index (χ1) is 13.7. The second kappa shape index (κ2) is 8.39. The molecular formula is C22H24N2O3S2. The number of benzene rings is 2. The normalized spacial score (nSPS) is 11.4. The summed E-state index contributed by atoms with van der Waals surface area (Å²) >= 11 is 1.09. The zero-order valence-electron chi connectivity index (χ0n) is 16.7. The number of nitrogen functional groups attached to an aromatic ring is 1. The monoisotopic (exact) mass is 428 g/mol. The summed E-state index contributed by atoms with van der Waals surface area (Å²) in [5.74, 6) is -0.316. The van der Waals surface area contributed by atoms with E-state index in [2.05, 4.69) is 5.32 Å². The summed E-state index contributed by atoms with van der Waals surface area (Å²) < 4.78 is 25.9. The Labute approximate surface area is 175 Å². The van der Waals surface area contributed by atoms with E-state index in [1.54, 1.807) is 31.2 Å². The van der Waals surface area contributed by atoms with Gasteiger partial charge in [-0.1, -0.05) is 49.4 Å². The third-order valence-corrected chi connectivity index (χ3v) is 7.81. The molecule has 0 radical (unpaired) electrons. The van der Waals surface area contributed by atoms with Gasteiger partial charge < -0.3 is 11.1 Å². The number of carbonyl (C=O) groups is 1. The van der Waals surface area contributed by atoms with Gasteiger partial charge in [0.2, 0.25) is 5.78 Å². The molecule has 0 aliphatic rings. The second-order valence-electron chi connectivity index (χ2n) is 6.96. The van der Waals surface area contributed by atoms with Crippen LogP contribution in [0.25, 0.3) is 0 Å². The Hall–Kier alpha value is -2.64. The number of rotatable bonds is 7. The van der Waals surface area contributed by atoms with Crippen molar-refractivity contribution < 1.29 is 13.2 Å². The van der Waals surface area contributed by atoms with Crippen LogP contribution >= 0.6 is 11.3 Å². The van der Waals surface area contributed by atoms with Crippen LogP contribution in [0.4, 0.5) is 16.4 Å². The van der Waals surface area contributed by atoms with Crippen LogP contribution in [-0.2, 0) is 9.84 Å². The number of ketones is 1. The van der Waals surface area contributed by atoms with E-state index >= 15 is 0 Å². The highest BCUT2D eigenvalue weighted by Crippen LogP contribution is 2.42. The first kappa shape index (κ1) is 21.1. The molecule has 152 valence electrons. The Morgan fingerprint density at radius 1 is 1.10 bits per heavy atom. The average Bonchev–Trinajstić information content (AvgIpc) is 3.01. The topological polar surface area (TPSA) is 89.3 Å². The molecule has 2 aromatic carbocycles. The zero-order chi connectivity index (χ0) is 21.2. The lowest BCUT2D eigenvalue weighted by molar-refractivity contribution is 0.104. The Balaban J connectivity index is 2.16. The maximum absolute atomic E-state index is 13.0. The van der Waals surface area contributed by atoms with Crippen molar-refractivity contribution in [1.29, 1.82) is 0 Å². The van der Waals surface area contributed by atoms with E-state index in [9.17, 15) is 13.2 Å². The number of aryl methyl sites for hydroxylation is 2. The molecule has 3 N–H and O–H groups in total. The third-order valence-electron chi connectivity index (χ3n) is 4.57. The van der Waals surface area contributed by atoms with Crippen LogP contribution in [0.15, 0.2) is 53.4 Å². The van der Waals surface area contributed by atoms with Gasteiger partial charge >= 0.3 is 0 Å². The first-order valence-electron chi connectivity index (χ1n) is 9.33. The van der Waals surface area contributed by atoms with Gasteiger partial charge in [0.15, 0.2) is 9.84 Å². The molecule has 0 saturated carbocycles. The molecule has 0 aliphatic heterocycles. The van der Waals surface area contributed by atoms with Crippen molar-refractivity contribution in [2.75, 3.05) is 16.8 Å². The van der Waals surface area contributed by atoms with Crippen molar-refractivity contribution in [3.8, 4) is 0 Å². The lowest BCUT2D eigenvalue weighted by Crippen LogP contribution is -2.10. The van der Waals surface area contributed by atoms with E-state index in [1.807, 2.05) is 38.1 Å². The van der Waals surface area contributed by atoms with Gasteiger partial charge in [0.05, 0.1) is 11.4 Å². The van der Waals surface area contributed by atoms with E-state index < -0.39 is 9.84 Å². The molecule has 5 nitrogen and oxygen atoms in total. The molecule has 3 aromatic rings. The Morgan fingerprint density at radius 2 is 1.79 bits per heavy atom. The van der Waals surface area contributed by atoms with Crippen LogP contribution in [0.1, 0.15) is 39.7 Å². The molecule has 1 aromatic heterocycles. The number of nitrogens with two attached hydrogens (primary N) is 1. The van der Waals surface area contributed by atoms with E-state index in [0.29, 0.717) is 17.0 Å². The summed E-state index contributed by atoms with van der Waals surface area (Å²) in [5, 5.41) is 3.60. The zero-order valence-corrected chi connectivity index (χ0v) is 18.3. The van der Waals surface area contributed by atoms with E-state index in [4.69, 9.17) is 5.73 Å². The molecule has 3 rings (SSSR count). The summed E-state index contributed by atoms with van der Waals surface area (Å²) in [7, 11) is -3.64. The van der Waals surface area contributed by atoms with Gasteiger partial charge in [-0.2, -0.15) is 0 Å². The summed E-state index contributed by atoms with van der Waals surface area (Å²) in [4.78, 5) is 13.3. The van der Waals surface area contributed by atoms with Crippen molar-refractivity contribution in [1.82, 2.24) is 0 Å². The van der Waals surface area contributed by atoms with Crippen molar-refractivity contribution in [3.05, 3.63) is 70.1 Å². The maximum Gasteiger partial charge on any atom is 0.205 e. The second-order valence-corrected chi connectivity index (χ2v) is 10.0. The number of nitrogens with one attached hydrogen (secondary N) is 1. The van der Waals surface area contributed by atoms with Crippen molar-refractivity contribution >= 4 is 43.3 Å². The van der Waals surface area contributed by atoms with Crippen molar-refractivity contribution in [2.45, 2.75) is 32.1 Å². The van der Waals surface area contributed by atoms with Crippen LogP contribution in [0.3, 0.4) is 0 Å². The van der Waals surface area contributed by atoms with Gasteiger partial charge in [-0.15, -0.1) is 11.3 Å². The van der Waals surface area contributed by atoms with Crippen LogP contribution in [0.2, 0.25) is 0 Å². The molecule has 0 fully saturated rings. The molecule has 0 amide bonds. The van der Waals surface area contributed by atoms with Crippen LogP contribution in [0.5, 0.6) is 0 Å². The first-order valence-corrected chi connectivity index (χ1v) is 11.8. The molecule has 0 spiro atoms. The third kappa shape index (κ3) is 4.36. The van der Waals surface area contributed by atoms with Crippen LogP contribution in [0, 0.1) is 13.8 Å². The summed E-state index contributed by atoms with van der Waals surface area (Å²) in [5.41, 5.74) is 9.54. The minimum Gasteiger partial charge on any atom is -0.396 e. The van der Waals surface area contributed by atoms with Gasteiger partial charge in [0.1, 0.15) is 14.8 Å². The molecular weight excluding hydrogens is 404 g/mol. The lowest BCUT2D eigenvalue weighted by atomic mass is 10.1. The van der Waals surface area contributed by atoms with Gasteiger partial charge in [0.25, 0.3) is 0 Å². The fourth-order valence-electron chi connectivity index (χ4n) is 3.07. The van der Waals surface area contributed by atoms with E-state index in [-0.39, 0.29) is 27.0 Å². The summed E-state index contributed by atoms with van der Waals surface area (Å²) in [6, 6.07) is 14.6. The molecule has 0 aliphatic carbocycles. The highest BCUT2D eigenvalue weighted by atomic mass is 32.2. The van der Waals surface area contributed by atoms with Gasteiger partial charge in [-0.05, 0) is 37.5 Å². The molecule has 0 bridgehead atoms. The Kier molecular flexibility index (Phi) is 6.10. The molecule has 7 heteroatoms. The fraction of sp³-hybridized carbons (Fsp3) is 0.227. The summed E-state index contributed by atoms with van der Waals surface area (Å²) in [6.45, 7) is 5.70. The Morgan fingerprint density at radius 3 is 2.45 bits per heavy atom. The molecule has 0 saturated heterocycles. The molecule has 0 atom stereocenters. The standard InChI is InChI=1S/C22H24N2O3S2/c1-4-12-29(26,27)21-18(23)20(19(25)16-8-6-5-7-9-16)28-22(21)24-17-13-14(2)10-11-15(17)3/h5-11,13,24H,4,12,23H2,1-3H3. The number of hydrogen-bond donors (Lipinski definition) is 2. The predicted octanol–water partition coefficient (Wildman–Crippen LogP) is 5.11. The van der Waals surface area contributed by atoms with Gasteiger partial charge in [0, 0.05) is 11.3 Å². The number of hydrogen-bond acceptors (Lipinski definition) is 6. The van der Waals surface area contributed by atoms with Crippen molar-refractivity contribution in [2.24, 2.45) is 0 Å². The van der Waals surface area contributed by atoms with Crippen LogP contribution in [-0.4, -0.2) is 20.0 Å². The molecule has 0 unspecified atom stereocenters. The minimum absolute atomic E-state index is 0.0181. The predicted molar refractivity (Wildman–Crippen MR) is 120 cm³/mol. The van der Waals surface area contributed by atoms with Crippen molar-refractivity contribution in [3.63, 3.8) is 0 Å². The number of carbonyl (C=O) groups excluding carboxylic acids is 1. The smallest absolute Gasteiger partial charge is 0.205 e. The van der Waals surface area contributed by atoms with Crippen LogP contribution < -0.4 is 11.1 Å². The molecule has 1 heterocycles. The Bertz CT molecular complexity index is 1150. The largest absolute Gasteiger partial charge is 0.396 e. The highest BCUT2D eigenvalue weighted by molar-refractivity contribution is 7.92. The van der Waals surface area contributed by atoms with E-state index in [0.717, 1.165) is 28.2 Å². The van der Waals surface area contributed by atoms with E-state index in [1.165, 1.54) is 0 Å². The number of anilines is 3. The molecule has 29 heavy (non-hydrogen) atoms. The minimum atomic E-state index is -3.64. The summed E-state index contributed by atoms with van der Waals surface area (Å²) in [6.07, 6.45) is 0.461. The maximum atomic E-state index is 13.0. The van der Waals surface area contributed by atoms with Gasteiger partial charge in [-0.25, -0.2) is 8.42 Å². The number of sulfone groups is 1. The van der Waals surface area contributed by atoms with Gasteiger partial charge in [-0.3, -0.25) is 4.79 Å². The SMILES string of the molecule is CCCS(=O)(=O)c1c(Nc2cc(C)ccc2C)sc(C(=O)c2ccccc2)c1N.